The summed E-state index contributed by atoms with van der Waals surface area (Å²) in [6.45, 7) is 8.13. The Morgan fingerprint density at radius 1 is 1.40 bits per heavy atom. The van der Waals surface area contributed by atoms with Gasteiger partial charge in [-0.25, -0.2) is 4.79 Å². The highest BCUT2D eigenvalue weighted by atomic mass is 16.5. The summed E-state index contributed by atoms with van der Waals surface area (Å²) in [5, 5.41) is 2.68. The maximum absolute atomic E-state index is 12.4. The zero-order valence-electron chi connectivity index (χ0n) is 13.0. The van der Waals surface area contributed by atoms with E-state index in [9.17, 15) is 9.59 Å². The van der Waals surface area contributed by atoms with Crippen molar-refractivity contribution >= 4 is 11.9 Å². The average molecular weight is 286 g/mol. The minimum absolute atomic E-state index is 0.0403. The van der Waals surface area contributed by atoms with Crippen molar-refractivity contribution in [2.75, 3.05) is 13.7 Å². The summed E-state index contributed by atoms with van der Waals surface area (Å²) in [4.78, 5) is 23.9. The number of amides is 1. The van der Waals surface area contributed by atoms with Gasteiger partial charge in [-0.1, -0.05) is 20.8 Å². The third-order valence-corrected chi connectivity index (χ3v) is 4.43. The first-order chi connectivity index (χ1) is 9.24. The number of methoxy groups -OCH3 is 1. The quantitative estimate of drug-likeness (QED) is 0.697. The van der Waals surface area contributed by atoms with Gasteiger partial charge in [0, 0.05) is 18.4 Å². The molecule has 0 spiro atoms. The van der Waals surface area contributed by atoms with Crippen molar-refractivity contribution in [1.29, 1.82) is 0 Å². The van der Waals surface area contributed by atoms with Gasteiger partial charge in [0.1, 0.15) is 11.6 Å². The molecule has 3 unspecified atom stereocenters. The van der Waals surface area contributed by atoms with Gasteiger partial charge in [-0.15, -0.1) is 0 Å². The van der Waals surface area contributed by atoms with Gasteiger partial charge in [-0.3, -0.25) is 4.79 Å². The zero-order chi connectivity index (χ0) is 15.6. The Balaban J connectivity index is 2.75. The third-order valence-electron chi connectivity index (χ3n) is 4.43. The van der Waals surface area contributed by atoms with Gasteiger partial charge in [-0.2, -0.15) is 0 Å². The Bertz CT molecular complexity index is 383. The Hall–Kier alpha value is -1.14. The van der Waals surface area contributed by atoms with E-state index in [-0.39, 0.29) is 12.0 Å². The van der Waals surface area contributed by atoms with Crippen LogP contribution in [0.15, 0.2) is 0 Å². The first-order valence-electron chi connectivity index (χ1n) is 7.03. The molecule has 0 aliphatic heterocycles. The first kappa shape index (κ1) is 16.9. The largest absolute Gasteiger partial charge is 0.467 e. The van der Waals surface area contributed by atoms with Crippen LogP contribution in [0.1, 0.15) is 40.5 Å². The smallest absolute Gasteiger partial charge is 0.328 e. The van der Waals surface area contributed by atoms with Gasteiger partial charge in [0.05, 0.1) is 13.2 Å². The van der Waals surface area contributed by atoms with Crippen LogP contribution in [0.2, 0.25) is 0 Å². The van der Waals surface area contributed by atoms with Crippen LogP contribution in [0.25, 0.3) is 0 Å². The maximum Gasteiger partial charge on any atom is 0.328 e. The van der Waals surface area contributed by atoms with Crippen molar-refractivity contribution in [1.82, 2.24) is 5.32 Å². The standard InChI is InChI=1S/C14H26N2O4/c1-6-9(11(17)19-5)16-12(18)14(15)8-10(20-7-2)13(14,3)4/h9-10H,6-8,15H2,1-5H3,(H,16,18). The molecule has 0 aromatic rings. The van der Waals surface area contributed by atoms with E-state index < -0.39 is 23.0 Å². The minimum Gasteiger partial charge on any atom is -0.467 e. The lowest BCUT2D eigenvalue weighted by molar-refractivity contribution is -0.172. The van der Waals surface area contributed by atoms with E-state index in [0.717, 1.165) is 0 Å². The Labute approximate surface area is 120 Å². The van der Waals surface area contributed by atoms with Crippen LogP contribution in [0.4, 0.5) is 0 Å². The number of ether oxygens (including phenoxy) is 2. The van der Waals surface area contributed by atoms with Gasteiger partial charge in [0.15, 0.2) is 0 Å². The first-order valence-corrected chi connectivity index (χ1v) is 7.03. The third kappa shape index (κ3) is 2.67. The molecule has 20 heavy (non-hydrogen) atoms. The molecule has 6 heteroatoms. The van der Waals surface area contributed by atoms with E-state index in [0.29, 0.717) is 19.4 Å². The number of nitrogens with two attached hydrogens (primary N) is 1. The summed E-state index contributed by atoms with van der Waals surface area (Å²) in [5.74, 6) is -0.779. The van der Waals surface area contributed by atoms with Gasteiger partial charge in [-0.05, 0) is 13.3 Å². The van der Waals surface area contributed by atoms with Crippen molar-refractivity contribution in [2.45, 2.75) is 58.2 Å². The summed E-state index contributed by atoms with van der Waals surface area (Å²) in [7, 11) is 1.30. The SMILES string of the molecule is CCOC1CC(N)(C(=O)NC(CC)C(=O)OC)C1(C)C. The van der Waals surface area contributed by atoms with Crippen molar-refractivity contribution < 1.29 is 19.1 Å². The van der Waals surface area contributed by atoms with Crippen LogP contribution in [-0.2, 0) is 19.1 Å². The van der Waals surface area contributed by atoms with E-state index in [1.165, 1.54) is 7.11 Å². The summed E-state index contributed by atoms with van der Waals surface area (Å²) < 4.78 is 10.2. The zero-order valence-corrected chi connectivity index (χ0v) is 13.0. The number of carbonyl (C=O) groups excluding carboxylic acids is 2. The van der Waals surface area contributed by atoms with Gasteiger partial charge >= 0.3 is 5.97 Å². The molecule has 1 fully saturated rings. The second-order valence-corrected chi connectivity index (χ2v) is 5.80. The van der Waals surface area contributed by atoms with E-state index >= 15 is 0 Å². The number of hydrogen-bond donors (Lipinski definition) is 2. The summed E-state index contributed by atoms with van der Waals surface area (Å²) in [6, 6.07) is -0.658. The van der Waals surface area contributed by atoms with Crippen molar-refractivity contribution in [3.05, 3.63) is 0 Å². The maximum atomic E-state index is 12.4. The fourth-order valence-corrected chi connectivity index (χ4v) is 2.58. The molecule has 3 atom stereocenters. The van der Waals surface area contributed by atoms with Crippen LogP contribution >= 0.6 is 0 Å². The van der Waals surface area contributed by atoms with Crippen LogP contribution in [0.5, 0.6) is 0 Å². The highest BCUT2D eigenvalue weighted by molar-refractivity contribution is 5.92. The summed E-state index contributed by atoms with van der Waals surface area (Å²) in [5.41, 5.74) is 4.75. The molecule has 116 valence electrons. The lowest BCUT2D eigenvalue weighted by atomic mass is 9.54. The van der Waals surface area contributed by atoms with Crippen molar-refractivity contribution in [2.24, 2.45) is 11.1 Å². The molecule has 0 saturated heterocycles. The highest BCUT2D eigenvalue weighted by Gasteiger charge is 2.63. The normalized spacial score (nSPS) is 29.2. The molecule has 0 bridgehead atoms. The minimum atomic E-state index is -1.02. The lowest BCUT2D eigenvalue weighted by Gasteiger charge is -2.57. The highest BCUT2D eigenvalue weighted by Crippen LogP contribution is 2.49. The van der Waals surface area contributed by atoms with Gasteiger partial charge < -0.3 is 20.5 Å². The number of nitrogens with one attached hydrogen (secondary N) is 1. The van der Waals surface area contributed by atoms with Gasteiger partial charge in [0.25, 0.3) is 0 Å². The van der Waals surface area contributed by atoms with Gasteiger partial charge in [0.2, 0.25) is 5.91 Å². The Morgan fingerprint density at radius 2 is 2.00 bits per heavy atom. The lowest BCUT2D eigenvalue weighted by Crippen LogP contribution is -2.76. The second-order valence-electron chi connectivity index (χ2n) is 5.80. The fourth-order valence-electron chi connectivity index (χ4n) is 2.58. The van der Waals surface area contributed by atoms with E-state index in [4.69, 9.17) is 10.5 Å². The number of esters is 1. The summed E-state index contributed by atoms with van der Waals surface area (Å²) in [6.07, 6.45) is 0.877. The van der Waals surface area contributed by atoms with Crippen LogP contribution < -0.4 is 11.1 Å². The monoisotopic (exact) mass is 286 g/mol. The van der Waals surface area contributed by atoms with Crippen LogP contribution in [0, 0.1) is 5.41 Å². The molecule has 1 saturated carbocycles. The number of carbonyl (C=O) groups is 2. The Kier molecular flexibility index (Phi) is 5.15. The molecule has 0 aromatic carbocycles. The molecule has 6 nitrogen and oxygen atoms in total. The molecule has 1 aliphatic carbocycles. The topological polar surface area (TPSA) is 90.6 Å². The predicted octanol–water partition coefficient (Wildman–Crippen LogP) is 0.587. The van der Waals surface area contributed by atoms with E-state index in [1.54, 1.807) is 6.92 Å². The molecular formula is C14H26N2O4. The molecule has 3 N–H and O–H groups in total. The molecule has 1 aliphatic rings. The average Bonchev–Trinajstić information content (AvgIpc) is 2.42. The van der Waals surface area contributed by atoms with Crippen molar-refractivity contribution in [3.63, 3.8) is 0 Å². The van der Waals surface area contributed by atoms with E-state index in [1.807, 2.05) is 20.8 Å². The Morgan fingerprint density at radius 3 is 2.40 bits per heavy atom. The molecule has 0 heterocycles. The molecule has 1 amide bonds. The summed E-state index contributed by atoms with van der Waals surface area (Å²) >= 11 is 0. The molecular weight excluding hydrogens is 260 g/mol. The molecule has 0 aromatic heterocycles. The number of hydrogen-bond acceptors (Lipinski definition) is 5. The number of rotatable bonds is 6. The molecule has 1 rings (SSSR count). The second kappa shape index (κ2) is 6.10. The van der Waals surface area contributed by atoms with Crippen LogP contribution in [-0.4, -0.2) is 43.3 Å². The molecule has 0 radical (unpaired) electrons. The van der Waals surface area contributed by atoms with E-state index in [2.05, 4.69) is 10.1 Å². The van der Waals surface area contributed by atoms with Crippen molar-refractivity contribution in [3.8, 4) is 0 Å². The fraction of sp³-hybridized carbons (Fsp3) is 0.857. The predicted molar refractivity (Wildman–Crippen MR) is 75.0 cm³/mol. The van der Waals surface area contributed by atoms with Crippen LogP contribution in [0.3, 0.4) is 0 Å².